The highest BCUT2D eigenvalue weighted by Gasteiger charge is 2.24. The van der Waals surface area contributed by atoms with Crippen molar-refractivity contribution in [2.45, 2.75) is 18.7 Å². The van der Waals surface area contributed by atoms with E-state index in [1.54, 1.807) is 49.4 Å². The highest BCUT2D eigenvalue weighted by atomic mass is 35.5. The third-order valence-corrected chi connectivity index (χ3v) is 7.13. The van der Waals surface area contributed by atoms with E-state index in [-0.39, 0.29) is 16.3 Å². The number of hydrogen-bond donors (Lipinski definition) is 0. The molecule has 2 aromatic carbocycles. The minimum Gasteiger partial charge on any atom is -0.494 e. The Labute approximate surface area is 212 Å². The molecule has 2 heterocycles. The van der Waals surface area contributed by atoms with Crippen LogP contribution in [0.4, 0.5) is 0 Å². The van der Waals surface area contributed by atoms with E-state index in [0.29, 0.717) is 34.3 Å². The van der Waals surface area contributed by atoms with Crippen LogP contribution in [0.15, 0.2) is 81.5 Å². The summed E-state index contributed by atoms with van der Waals surface area (Å²) in [6.07, 6.45) is 2.49. The van der Waals surface area contributed by atoms with Crippen LogP contribution in [0.25, 0.3) is 11.7 Å². The Hall–Kier alpha value is -4.13. The third-order valence-electron chi connectivity index (χ3n) is 5.20. The van der Waals surface area contributed by atoms with Gasteiger partial charge in [-0.25, -0.2) is 8.42 Å². The third kappa shape index (κ3) is 4.96. The minimum absolute atomic E-state index is 0.140. The second kappa shape index (κ2) is 10.2. The highest BCUT2D eigenvalue weighted by Crippen LogP contribution is 2.28. The quantitative estimate of drug-likeness (QED) is 0.308. The Kier molecular flexibility index (Phi) is 7.10. The summed E-state index contributed by atoms with van der Waals surface area (Å²) < 4.78 is 38.9. The molecule has 0 unspecified atom stereocenters. The summed E-state index contributed by atoms with van der Waals surface area (Å²) in [7, 11) is -4.25. The van der Waals surface area contributed by atoms with Gasteiger partial charge < -0.3 is 9.47 Å². The van der Waals surface area contributed by atoms with Gasteiger partial charge in [0.1, 0.15) is 33.7 Å². The zero-order valence-electron chi connectivity index (χ0n) is 19.3. The molecule has 8 nitrogen and oxygen atoms in total. The molecule has 10 heteroatoms. The molecule has 0 aliphatic rings. The lowest BCUT2D eigenvalue weighted by Crippen LogP contribution is -2.20. The number of sulfone groups is 1. The average molecular weight is 522 g/mol. The van der Waals surface area contributed by atoms with E-state index in [1.165, 1.54) is 34.9 Å². The van der Waals surface area contributed by atoms with E-state index in [9.17, 15) is 18.5 Å². The van der Waals surface area contributed by atoms with E-state index >= 15 is 0 Å². The first-order valence-electron chi connectivity index (χ1n) is 10.8. The first-order valence-corrected chi connectivity index (χ1v) is 12.7. The number of pyridine rings is 1. The molecular weight excluding hydrogens is 502 g/mol. The number of aryl methyl sites for hydroxylation is 1. The van der Waals surface area contributed by atoms with Gasteiger partial charge in [-0.3, -0.25) is 9.20 Å². The first-order chi connectivity index (χ1) is 17.2. The summed E-state index contributed by atoms with van der Waals surface area (Å²) in [5.41, 5.74) is 0.250. The molecule has 0 radical (unpaired) electrons. The van der Waals surface area contributed by atoms with Crippen molar-refractivity contribution < 1.29 is 17.9 Å². The van der Waals surface area contributed by atoms with Gasteiger partial charge in [-0.05, 0) is 80.1 Å². The van der Waals surface area contributed by atoms with Crippen LogP contribution in [0, 0.1) is 18.3 Å². The second-order valence-corrected chi connectivity index (χ2v) is 9.96. The van der Waals surface area contributed by atoms with Crippen molar-refractivity contribution in [3.05, 3.63) is 98.3 Å². The summed E-state index contributed by atoms with van der Waals surface area (Å²) in [6, 6.07) is 17.2. The van der Waals surface area contributed by atoms with Crippen molar-refractivity contribution in [1.29, 1.82) is 5.26 Å². The zero-order chi connectivity index (χ0) is 25.9. The molecule has 0 aliphatic heterocycles. The molecule has 0 amide bonds. The van der Waals surface area contributed by atoms with Crippen molar-refractivity contribution in [3.63, 3.8) is 0 Å². The van der Waals surface area contributed by atoms with Gasteiger partial charge in [-0.15, -0.1) is 0 Å². The van der Waals surface area contributed by atoms with Gasteiger partial charge in [-0.2, -0.15) is 10.2 Å². The minimum atomic E-state index is -4.25. The molecule has 0 N–H and O–H groups in total. The van der Waals surface area contributed by atoms with Gasteiger partial charge in [0.25, 0.3) is 5.56 Å². The number of nitriles is 1. The SMILES string of the molecule is CCOc1ccc(Oc2nc3c(C)cccn3c(=O)c2C=C(C#N)S(=O)(=O)c2ccc(Cl)cc2)cc1. The Bertz CT molecular complexity index is 1670. The van der Waals surface area contributed by atoms with Gasteiger partial charge in [0.05, 0.1) is 11.5 Å². The Morgan fingerprint density at radius 3 is 2.42 bits per heavy atom. The number of rotatable bonds is 7. The van der Waals surface area contributed by atoms with Crippen LogP contribution >= 0.6 is 11.6 Å². The van der Waals surface area contributed by atoms with Crippen molar-refractivity contribution in [2.24, 2.45) is 0 Å². The van der Waals surface area contributed by atoms with E-state index in [2.05, 4.69) is 4.98 Å². The molecule has 4 rings (SSSR count). The van der Waals surface area contributed by atoms with Gasteiger partial charge in [-0.1, -0.05) is 17.7 Å². The molecule has 0 atom stereocenters. The predicted molar refractivity (Wildman–Crippen MR) is 136 cm³/mol. The Morgan fingerprint density at radius 1 is 1.11 bits per heavy atom. The standard InChI is InChI=1S/C26H20ClN3O5S/c1-3-34-19-8-10-20(11-9-19)35-25-23(26(31)30-14-4-5-17(2)24(30)29-25)15-22(16-28)36(32,33)21-12-6-18(27)7-13-21/h4-15H,3H2,1-2H3. The molecular formula is C26H20ClN3O5S. The maximum Gasteiger partial charge on any atom is 0.269 e. The van der Waals surface area contributed by atoms with Gasteiger partial charge >= 0.3 is 0 Å². The topological polar surface area (TPSA) is 111 Å². The van der Waals surface area contributed by atoms with Crippen molar-refractivity contribution >= 4 is 33.2 Å². The van der Waals surface area contributed by atoms with Crippen molar-refractivity contribution in [3.8, 4) is 23.4 Å². The lowest BCUT2D eigenvalue weighted by Gasteiger charge is -2.12. The summed E-state index contributed by atoms with van der Waals surface area (Å²) in [5, 5.41) is 10.1. The van der Waals surface area contributed by atoms with Crippen LogP contribution in [-0.4, -0.2) is 24.4 Å². The Morgan fingerprint density at radius 2 is 1.78 bits per heavy atom. The lowest BCUT2D eigenvalue weighted by molar-refractivity contribution is 0.339. The van der Waals surface area contributed by atoms with Crippen LogP contribution in [0.5, 0.6) is 17.4 Å². The van der Waals surface area contributed by atoms with E-state index in [0.717, 1.165) is 6.08 Å². The molecule has 182 valence electrons. The number of nitrogens with zero attached hydrogens (tertiary/aromatic N) is 3. The van der Waals surface area contributed by atoms with Gasteiger partial charge in [0.2, 0.25) is 15.7 Å². The molecule has 0 fully saturated rings. The maximum absolute atomic E-state index is 13.4. The number of benzene rings is 2. The van der Waals surface area contributed by atoms with Crippen LogP contribution in [-0.2, 0) is 9.84 Å². The number of halogens is 1. The number of ether oxygens (including phenoxy) is 2. The van der Waals surface area contributed by atoms with Crippen LogP contribution < -0.4 is 15.0 Å². The largest absolute Gasteiger partial charge is 0.494 e. The molecule has 4 aromatic rings. The van der Waals surface area contributed by atoms with Crippen molar-refractivity contribution in [1.82, 2.24) is 9.38 Å². The summed E-state index contributed by atoms with van der Waals surface area (Å²) >= 11 is 5.87. The maximum atomic E-state index is 13.4. The molecule has 2 aromatic heterocycles. The fraction of sp³-hybridized carbons (Fsp3) is 0.115. The highest BCUT2D eigenvalue weighted by molar-refractivity contribution is 7.95. The zero-order valence-corrected chi connectivity index (χ0v) is 20.9. The summed E-state index contributed by atoms with van der Waals surface area (Å²) in [4.78, 5) is 17.1. The number of fused-ring (bicyclic) bond motifs is 1. The number of aromatic nitrogens is 2. The molecule has 0 aliphatic carbocycles. The van der Waals surface area contributed by atoms with Gasteiger partial charge in [0, 0.05) is 11.2 Å². The first kappa shape index (κ1) is 25.0. The number of hydrogen-bond acceptors (Lipinski definition) is 7. The summed E-state index contributed by atoms with van der Waals surface area (Å²) in [5.74, 6) is 0.836. The van der Waals surface area contributed by atoms with Crippen LogP contribution in [0.1, 0.15) is 18.1 Å². The van der Waals surface area contributed by atoms with Crippen LogP contribution in [0.3, 0.4) is 0 Å². The number of allylic oxidation sites excluding steroid dienone is 1. The predicted octanol–water partition coefficient (Wildman–Crippen LogP) is 5.19. The second-order valence-electron chi connectivity index (χ2n) is 7.60. The molecule has 0 saturated carbocycles. The van der Waals surface area contributed by atoms with E-state index in [4.69, 9.17) is 21.1 Å². The fourth-order valence-electron chi connectivity index (χ4n) is 3.42. The normalized spacial score (nSPS) is 11.8. The van der Waals surface area contributed by atoms with E-state index in [1.807, 2.05) is 6.92 Å². The fourth-order valence-corrected chi connectivity index (χ4v) is 4.68. The average Bonchev–Trinajstić information content (AvgIpc) is 2.86. The monoisotopic (exact) mass is 521 g/mol. The molecule has 0 saturated heterocycles. The van der Waals surface area contributed by atoms with Crippen LogP contribution in [0.2, 0.25) is 5.02 Å². The van der Waals surface area contributed by atoms with E-state index < -0.39 is 20.3 Å². The smallest absolute Gasteiger partial charge is 0.269 e. The molecule has 0 bridgehead atoms. The Balaban J connectivity index is 1.90. The van der Waals surface area contributed by atoms with Gasteiger partial charge in [0.15, 0.2) is 0 Å². The molecule has 0 spiro atoms. The van der Waals surface area contributed by atoms with Crippen molar-refractivity contribution in [2.75, 3.05) is 6.61 Å². The molecule has 36 heavy (non-hydrogen) atoms. The summed E-state index contributed by atoms with van der Waals surface area (Å²) in [6.45, 7) is 4.14. The lowest BCUT2D eigenvalue weighted by atomic mass is 10.2.